The van der Waals surface area contributed by atoms with Gasteiger partial charge in [0.25, 0.3) is 0 Å². The number of carbonyl (C=O) groups excluding carboxylic acids is 1. The van der Waals surface area contributed by atoms with Gasteiger partial charge >= 0.3 is 0 Å². The number of piperidine rings is 1. The maximum Gasteiger partial charge on any atom is 0.167 e. The number of rotatable bonds is 7. The summed E-state index contributed by atoms with van der Waals surface area (Å²) in [7, 11) is 3.19. The van der Waals surface area contributed by atoms with Gasteiger partial charge in [-0.3, -0.25) is 14.4 Å². The van der Waals surface area contributed by atoms with Crippen LogP contribution in [0.4, 0.5) is 0 Å². The summed E-state index contributed by atoms with van der Waals surface area (Å²) in [4.78, 5) is 15.4. The Bertz CT molecular complexity index is 785. The van der Waals surface area contributed by atoms with E-state index in [0.717, 1.165) is 32.5 Å². The SMILES string of the molecule is COc1ccc(C(=O)[C@H]2CCCN(Cc3cnn(C(C)C)c3)C2)cc1OC. The third-order valence-electron chi connectivity index (χ3n) is 5.13. The van der Waals surface area contributed by atoms with Crippen LogP contribution in [0.3, 0.4) is 0 Å². The van der Waals surface area contributed by atoms with Crippen molar-refractivity contribution in [1.82, 2.24) is 14.7 Å². The zero-order valence-corrected chi connectivity index (χ0v) is 16.6. The lowest BCUT2D eigenvalue weighted by Crippen LogP contribution is -2.38. The largest absolute Gasteiger partial charge is 0.493 e. The van der Waals surface area contributed by atoms with Crippen LogP contribution in [-0.2, 0) is 6.54 Å². The molecule has 1 aliphatic heterocycles. The quantitative estimate of drug-likeness (QED) is 0.697. The summed E-state index contributed by atoms with van der Waals surface area (Å²) in [6.07, 6.45) is 5.99. The Hall–Kier alpha value is -2.34. The van der Waals surface area contributed by atoms with Crippen molar-refractivity contribution in [3.63, 3.8) is 0 Å². The van der Waals surface area contributed by atoms with E-state index in [2.05, 4.69) is 30.0 Å². The summed E-state index contributed by atoms with van der Waals surface area (Å²) in [5.74, 6) is 1.43. The van der Waals surface area contributed by atoms with E-state index in [9.17, 15) is 4.79 Å². The summed E-state index contributed by atoms with van der Waals surface area (Å²) in [5, 5.41) is 4.42. The van der Waals surface area contributed by atoms with Crippen LogP contribution >= 0.6 is 0 Å². The van der Waals surface area contributed by atoms with E-state index in [1.165, 1.54) is 5.56 Å². The fourth-order valence-electron chi connectivity index (χ4n) is 3.64. The summed E-state index contributed by atoms with van der Waals surface area (Å²) in [6, 6.07) is 5.77. The van der Waals surface area contributed by atoms with E-state index in [4.69, 9.17) is 9.47 Å². The van der Waals surface area contributed by atoms with E-state index >= 15 is 0 Å². The molecule has 3 rings (SSSR count). The topological polar surface area (TPSA) is 56.6 Å². The fraction of sp³-hybridized carbons (Fsp3) is 0.524. The minimum absolute atomic E-state index is 0.0111. The van der Waals surface area contributed by atoms with Gasteiger partial charge in [0.1, 0.15) is 0 Å². The summed E-state index contributed by atoms with van der Waals surface area (Å²) in [6.45, 7) is 6.87. The number of ether oxygens (including phenoxy) is 2. The van der Waals surface area contributed by atoms with Gasteiger partial charge in [0, 0.05) is 42.4 Å². The molecule has 146 valence electrons. The maximum absolute atomic E-state index is 13.0. The van der Waals surface area contributed by atoms with Crippen molar-refractivity contribution >= 4 is 5.78 Å². The molecule has 1 saturated heterocycles. The molecule has 0 saturated carbocycles. The molecule has 0 spiro atoms. The number of methoxy groups -OCH3 is 2. The Balaban J connectivity index is 1.67. The van der Waals surface area contributed by atoms with Crippen LogP contribution in [0.15, 0.2) is 30.6 Å². The molecule has 0 amide bonds. The van der Waals surface area contributed by atoms with Crippen molar-refractivity contribution in [2.24, 2.45) is 5.92 Å². The Labute approximate surface area is 161 Å². The zero-order valence-electron chi connectivity index (χ0n) is 16.6. The molecule has 1 fully saturated rings. The second kappa shape index (κ2) is 8.57. The Morgan fingerprint density at radius 1 is 1.26 bits per heavy atom. The van der Waals surface area contributed by atoms with Crippen LogP contribution in [-0.4, -0.2) is 47.8 Å². The molecule has 6 nitrogen and oxygen atoms in total. The highest BCUT2D eigenvalue weighted by Crippen LogP contribution is 2.30. The number of nitrogens with zero attached hydrogens (tertiary/aromatic N) is 3. The van der Waals surface area contributed by atoms with E-state index in [-0.39, 0.29) is 11.7 Å². The van der Waals surface area contributed by atoms with Gasteiger partial charge in [-0.2, -0.15) is 5.10 Å². The summed E-state index contributed by atoms with van der Waals surface area (Å²) in [5.41, 5.74) is 1.88. The van der Waals surface area contributed by atoms with E-state index < -0.39 is 0 Å². The van der Waals surface area contributed by atoms with Crippen LogP contribution in [0.25, 0.3) is 0 Å². The standard InChI is InChI=1S/C21H29N3O3/c1-15(2)24-13-16(11-22-24)12-23-9-5-6-18(14-23)21(25)17-7-8-19(26-3)20(10-17)27-4/h7-8,10-11,13,15,18H,5-6,9,12,14H2,1-4H3/t18-/m0/s1. The number of carbonyl (C=O) groups is 1. The predicted octanol–water partition coefficient (Wildman–Crippen LogP) is 3.58. The lowest BCUT2D eigenvalue weighted by molar-refractivity contribution is 0.0811. The van der Waals surface area contributed by atoms with Gasteiger partial charge < -0.3 is 9.47 Å². The number of benzene rings is 1. The molecule has 2 heterocycles. The van der Waals surface area contributed by atoms with Crippen LogP contribution in [0.1, 0.15) is 48.7 Å². The molecule has 2 aromatic rings. The molecule has 0 unspecified atom stereocenters. The lowest BCUT2D eigenvalue weighted by Gasteiger charge is -2.31. The Kier molecular flexibility index (Phi) is 6.16. The molecule has 1 atom stereocenters. The average Bonchev–Trinajstić information content (AvgIpc) is 3.16. The van der Waals surface area contributed by atoms with Crippen LogP contribution in [0, 0.1) is 5.92 Å². The first kappa shape index (κ1) is 19.4. The van der Waals surface area contributed by atoms with Gasteiger partial charge in [-0.15, -0.1) is 0 Å². The normalized spacial score (nSPS) is 17.9. The number of ketones is 1. The average molecular weight is 371 g/mol. The lowest BCUT2D eigenvalue weighted by atomic mass is 9.89. The van der Waals surface area contributed by atoms with Gasteiger partial charge in [0.05, 0.1) is 20.4 Å². The number of hydrogen-bond donors (Lipinski definition) is 0. The van der Waals surface area contributed by atoms with Crippen molar-refractivity contribution < 1.29 is 14.3 Å². The highest BCUT2D eigenvalue weighted by Gasteiger charge is 2.27. The summed E-state index contributed by atoms with van der Waals surface area (Å²) < 4.78 is 12.6. The number of Topliss-reactive ketones (excluding diaryl/α,β-unsaturated/α-hetero) is 1. The van der Waals surface area contributed by atoms with Crippen LogP contribution < -0.4 is 9.47 Å². The Morgan fingerprint density at radius 3 is 2.70 bits per heavy atom. The molecule has 1 aliphatic rings. The second-order valence-corrected chi connectivity index (χ2v) is 7.43. The third kappa shape index (κ3) is 4.50. The molecular formula is C21H29N3O3. The second-order valence-electron chi connectivity index (χ2n) is 7.43. The maximum atomic E-state index is 13.0. The minimum Gasteiger partial charge on any atom is -0.493 e. The number of hydrogen-bond acceptors (Lipinski definition) is 5. The fourth-order valence-corrected chi connectivity index (χ4v) is 3.64. The first-order chi connectivity index (χ1) is 13.0. The smallest absolute Gasteiger partial charge is 0.167 e. The van der Waals surface area contributed by atoms with Gasteiger partial charge in [-0.1, -0.05) is 0 Å². The number of likely N-dealkylation sites (tertiary alicyclic amines) is 1. The third-order valence-corrected chi connectivity index (χ3v) is 5.13. The Morgan fingerprint density at radius 2 is 2.04 bits per heavy atom. The molecule has 27 heavy (non-hydrogen) atoms. The molecule has 0 radical (unpaired) electrons. The van der Waals surface area contributed by atoms with Crippen molar-refractivity contribution in [3.05, 3.63) is 41.7 Å². The minimum atomic E-state index is 0.0111. The molecule has 6 heteroatoms. The zero-order chi connectivity index (χ0) is 19.4. The van der Waals surface area contributed by atoms with Gasteiger partial charge in [0.2, 0.25) is 0 Å². The van der Waals surface area contributed by atoms with Crippen LogP contribution in [0.5, 0.6) is 11.5 Å². The molecule has 1 aromatic carbocycles. The molecule has 0 aliphatic carbocycles. The molecule has 0 N–H and O–H groups in total. The highest BCUT2D eigenvalue weighted by atomic mass is 16.5. The molecule has 0 bridgehead atoms. The number of aromatic nitrogens is 2. The van der Waals surface area contributed by atoms with Crippen LogP contribution in [0.2, 0.25) is 0 Å². The van der Waals surface area contributed by atoms with E-state index in [1.807, 2.05) is 16.9 Å². The molecule has 1 aromatic heterocycles. The predicted molar refractivity (Wildman–Crippen MR) is 104 cm³/mol. The van der Waals surface area contributed by atoms with Crippen molar-refractivity contribution in [2.45, 2.75) is 39.3 Å². The first-order valence-electron chi connectivity index (χ1n) is 9.53. The van der Waals surface area contributed by atoms with E-state index in [0.29, 0.717) is 23.1 Å². The van der Waals surface area contributed by atoms with Gasteiger partial charge in [-0.05, 0) is 51.4 Å². The first-order valence-corrected chi connectivity index (χ1v) is 9.53. The van der Waals surface area contributed by atoms with Crippen molar-refractivity contribution in [3.8, 4) is 11.5 Å². The summed E-state index contributed by atoms with van der Waals surface area (Å²) >= 11 is 0. The monoisotopic (exact) mass is 371 g/mol. The van der Waals surface area contributed by atoms with E-state index in [1.54, 1.807) is 26.4 Å². The van der Waals surface area contributed by atoms with Crippen molar-refractivity contribution in [2.75, 3.05) is 27.3 Å². The van der Waals surface area contributed by atoms with Gasteiger partial charge in [-0.25, -0.2) is 0 Å². The highest BCUT2D eigenvalue weighted by molar-refractivity contribution is 5.98. The van der Waals surface area contributed by atoms with Gasteiger partial charge in [0.15, 0.2) is 17.3 Å². The molecular weight excluding hydrogens is 342 g/mol. The van der Waals surface area contributed by atoms with Crippen molar-refractivity contribution in [1.29, 1.82) is 0 Å².